The van der Waals surface area contributed by atoms with Gasteiger partial charge in [-0.15, -0.1) is 0 Å². The second-order valence-corrected chi connectivity index (χ2v) is 4.78. The summed E-state index contributed by atoms with van der Waals surface area (Å²) in [7, 11) is 0. The number of halogens is 6. The Bertz CT molecular complexity index is 495. The van der Waals surface area contributed by atoms with Crippen molar-refractivity contribution in [2.24, 2.45) is 0 Å². The lowest BCUT2D eigenvalue weighted by Crippen LogP contribution is -2.17. The van der Waals surface area contributed by atoms with Crippen LogP contribution in [0.5, 0.6) is 0 Å². The number of rotatable bonds is 1. The van der Waals surface area contributed by atoms with Crippen molar-refractivity contribution in [3.8, 4) is 0 Å². The SMILES string of the molecule is FC(F)(F)C1=C(Cl)NOC1c1cc(Cl)cc(Cl)c1. The number of alkyl halides is 3. The Morgan fingerprint density at radius 2 is 1.61 bits per heavy atom. The van der Waals surface area contributed by atoms with Crippen molar-refractivity contribution in [2.45, 2.75) is 12.3 Å². The molecule has 1 atom stereocenters. The van der Waals surface area contributed by atoms with E-state index >= 15 is 0 Å². The molecule has 1 unspecified atom stereocenters. The first-order chi connectivity index (χ1) is 8.29. The van der Waals surface area contributed by atoms with Gasteiger partial charge >= 0.3 is 6.18 Å². The smallest absolute Gasteiger partial charge is 0.262 e. The molecule has 18 heavy (non-hydrogen) atoms. The van der Waals surface area contributed by atoms with Gasteiger partial charge in [0.05, 0.1) is 0 Å². The fraction of sp³-hybridized carbons (Fsp3) is 0.200. The van der Waals surface area contributed by atoms with E-state index in [1.165, 1.54) is 18.2 Å². The van der Waals surface area contributed by atoms with E-state index < -0.39 is 23.0 Å². The third kappa shape index (κ3) is 2.69. The summed E-state index contributed by atoms with van der Waals surface area (Å²) in [6.07, 6.45) is -6.01. The highest BCUT2D eigenvalue weighted by Crippen LogP contribution is 2.44. The Morgan fingerprint density at radius 1 is 1.06 bits per heavy atom. The van der Waals surface area contributed by atoms with Crippen LogP contribution in [-0.2, 0) is 4.84 Å². The monoisotopic (exact) mass is 317 g/mol. The summed E-state index contributed by atoms with van der Waals surface area (Å²) in [5.41, 5.74) is 1.16. The van der Waals surface area contributed by atoms with E-state index in [2.05, 4.69) is 0 Å². The van der Waals surface area contributed by atoms with Crippen molar-refractivity contribution in [3.05, 3.63) is 44.5 Å². The summed E-state index contributed by atoms with van der Waals surface area (Å²) in [6.45, 7) is 0. The number of hydrogen-bond acceptors (Lipinski definition) is 2. The van der Waals surface area contributed by atoms with Crippen molar-refractivity contribution < 1.29 is 18.0 Å². The van der Waals surface area contributed by atoms with Gasteiger partial charge in [-0.2, -0.15) is 13.2 Å². The van der Waals surface area contributed by atoms with Gasteiger partial charge in [-0.3, -0.25) is 10.3 Å². The molecule has 1 aromatic rings. The summed E-state index contributed by atoms with van der Waals surface area (Å²) in [5.74, 6) is 0. The third-order valence-electron chi connectivity index (χ3n) is 2.26. The van der Waals surface area contributed by atoms with Crippen molar-refractivity contribution in [3.63, 3.8) is 0 Å². The van der Waals surface area contributed by atoms with Crippen LogP contribution < -0.4 is 5.48 Å². The lowest BCUT2D eigenvalue weighted by Gasteiger charge is -2.16. The molecule has 98 valence electrons. The van der Waals surface area contributed by atoms with E-state index in [0.717, 1.165) is 0 Å². The molecule has 8 heteroatoms. The minimum Gasteiger partial charge on any atom is -0.262 e. The van der Waals surface area contributed by atoms with E-state index in [1.807, 2.05) is 5.48 Å². The molecular weight excluding hydrogens is 313 g/mol. The van der Waals surface area contributed by atoms with Crippen LogP contribution >= 0.6 is 34.8 Å². The Morgan fingerprint density at radius 3 is 2.11 bits per heavy atom. The lowest BCUT2D eigenvalue weighted by molar-refractivity contribution is -0.107. The van der Waals surface area contributed by atoms with Crippen molar-refractivity contribution >= 4 is 34.8 Å². The van der Waals surface area contributed by atoms with Gasteiger partial charge in [0.15, 0.2) is 0 Å². The highest BCUT2D eigenvalue weighted by Gasteiger charge is 2.46. The summed E-state index contributed by atoms with van der Waals surface area (Å²) in [5, 5.41) is -0.167. The van der Waals surface area contributed by atoms with Gasteiger partial charge in [0.1, 0.15) is 16.8 Å². The van der Waals surface area contributed by atoms with E-state index in [-0.39, 0.29) is 15.6 Å². The van der Waals surface area contributed by atoms with Gasteiger partial charge in [0.25, 0.3) is 0 Å². The van der Waals surface area contributed by atoms with E-state index in [1.54, 1.807) is 0 Å². The van der Waals surface area contributed by atoms with Crippen LogP contribution in [0.1, 0.15) is 11.7 Å². The van der Waals surface area contributed by atoms with Gasteiger partial charge in [0.2, 0.25) is 0 Å². The molecule has 0 bridgehead atoms. The zero-order chi connectivity index (χ0) is 13.5. The largest absolute Gasteiger partial charge is 0.418 e. The molecule has 2 nitrogen and oxygen atoms in total. The maximum absolute atomic E-state index is 12.8. The molecule has 1 heterocycles. The molecule has 0 radical (unpaired) electrons. The quantitative estimate of drug-likeness (QED) is 0.765. The van der Waals surface area contributed by atoms with Crippen LogP contribution in [0.15, 0.2) is 28.9 Å². The molecule has 0 saturated heterocycles. The summed E-state index contributed by atoms with van der Waals surface area (Å²) in [4.78, 5) is 4.81. The van der Waals surface area contributed by atoms with Gasteiger partial charge in [-0.1, -0.05) is 34.8 Å². The molecule has 0 aliphatic carbocycles. The average Bonchev–Trinajstić information content (AvgIpc) is 2.57. The minimum atomic E-state index is -4.61. The maximum Gasteiger partial charge on any atom is 0.418 e. The molecule has 1 aliphatic rings. The van der Waals surface area contributed by atoms with Crippen LogP contribution in [0.25, 0.3) is 0 Å². The van der Waals surface area contributed by atoms with E-state index in [9.17, 15) is 13.2 Å². The Balaban J connectivity index is 2.46. The second-order valence-electron chi connectivity index (χ2n) is 3.53. The Hall–Kier alpha value is -0.620. The summed E-state index contributed by atoms with van der Waals surface area (Å²) >= 11 is 16.9. The van der Waals surface area contributed by atoms with Crippen LogP contribution in [-0.4, -0.2) is 6.18 Å². The first kappa shape index (κ1) is 13.8. The molecule has 0 saturated carbocycles. The topological polar surface area (TPSA) is 21.3 Å². The predicted molar refractivity (Wildman–Crippen MR) is 62.4 cm³/mol. The van der Waals surface area contributed by atoms with Crippen molar-refractivity contribution in [1.82, 2.24) is 5.48 Å². The molecular formula is C10H5Cl3F3NO. The van der Waals surface area contributed by atoms with Crippen LogP contribution in [0.3, 0.4) is 0 Å². The molecule has 0 fully saturated rings. The third-order valence-corrected chi connectivity index (χ3v) is 2.98. The highest BCUT2D eigenvalue weighted by atomic mass is 35.5. The fourth-order valence-corrected chi connectivity index (χ4v) is 2.37. The minimum absolute atomic E-state index is 0.169. The van der Waals surface area contributed by atoms with Gasteiger partial charge in [-0.05, 0) is 23.8 Å². The van der Waals surface area contributed by atoms with Gasteiger partial charge in [0, 0.05) is 10.0 Å². The van der Waals surface area contributed by atoms with Gasteiger partial charge in [-0.25, -0.2) is 0 Å². The zero-order valence-corrected chi connectivity index (χ0v) is 10.8. The molecule has 0 aromatic heterocycles. The molecule has 2 rings (SSSR count). The predicted octanol–water partition coefficient (Wildman–Crippen LogP) is 4.58. The summed E-state index contributed by atoms with van der Waals surface area (Å²) < 4.78 is 38.5. The summed E-state index contributed by atoms with van der Waals surface area (Å²) in [6, 6.07) is 4.08. The van der Waals surface area contributed by atoms with Crippen LogP contribution in [0.2, 0.25) is 10.0 Å². The second kappa shape index (κ2) is 4.81. The fourth-order valence-electron chi connectivity index (χ4n) is 1.57. The normalized spacial score (nSPS) is 20.2. The van der Waals surface area contributed by atoms with E-state index in [0.29, 0.717) is 0 Å². The van der Waals surface area contributed by atoms with Crippen molar-refractivity contribution in [2.75, 3.05) is 0 Å². The first-order valence-electron chi connectivity index (χ1n) is 4.63. The number of hydroxylamine groups is 1. The average molecular weight is 319 g/mol. The number of hydrogen-bond donors (Lipinski definition) is 1. The molecule has 1 aliphatic heterocycles. The van der Waals surface area contributed by atoms with E-state index in [4.69, 9.17) is 39.6 Å². The number of benzene rings is 1. The molecule has 1 aromatic carbocycles. The first-order valence-corrected chi connectivity index (χ1v) is 5.77. The molecule has 0 amide bonds. The van der Waals surface area contributed by atoms with Crippen LogP contribution in [0.4, 0.5) is 13.2 Å². The Labute approximate surface area is 115 Å². The molecule has 1 N–H and O–H groups in total. The Kier molecular flexibility index (Phi) is 3.69. The molecule has 0 spiro atoms. The van der Waals surface area contributed by atoms with Crippen molar-refractivity contribution in [1.29, 1.82) is 0 Å². The number of nitrogens with one attached hydrogen (secondary N) is 1. The van der Waals surface area contributed by atoms with Crippen LogP contribution in [0, 0.1) is 0 Å². The highest BCUT2D eigenvalue weighted by molar-refractivity contribution is 6.34. The van der Waals surface area contributed by atoms with Gasteiger partial charge < -0.3 is 0 Å². The zero-order valence-electron chi connectivity index (χ0n) is 8.49. The maximum atomic E-state index is 12.8. The standard InChI is InChI=1S/C10H5Cl3F3NO/c11-5-1-4(2-6(12)3-5)8-7(10(14,15)16)9(13)17-18-8/h1-3,8,17H. The lowest BCUT2D eigenvalue weighted by atomic mass is 10.0.